The predicted molar refractivity (Wildman–Crippen MR) is 53.3 cm³/mol. The number of carbonyl (C=O) groups excluding carboxylic acids is 1. The van der Waals surface area contributed by atoms with E-state index in [0.29, 0.717) is 0 Å². The molecule has 0 fully saturated rings. The molecule has 0 aliphatic heterocycles. The van der Waals surface area contributed by atoms with Gasteiger partial charge in [-0.15, -0.1) is 4.99 Å². The van der Waals surface area contributed by atoms with Gasteiger partial charge < -0.3 is 4.98 Å². The molecule has 1 amide bonds. The maximum Gasteiger partial charge on any atom is 0.326 e. The van der Waals surface area contributed by atoms with Crippen LogP contribution in [0.15, 0.2) is 15.7 Å². The van der Waals surface area contributed by atoms with Gasteiger partial charge >= 0.3 is 5.69 Å². The molecule has 0 aliphatic carbocycles. The van der Waals surface area contributed by atoms with Crippen LogP contribution in [-0.4, -0.2) is 21.1 Å². The second kappa shape index (κ2) is 5.05. The van der Waals surface area contributed by atoms with Crippen molar-refractivity contribution in [1.82, 2.24) is 15.4 Å². The van der Waals surface area contributed by atoms with Gasteiger partial charge in [0.15, 0.2) is 0 Å². The van der Waals surface area contributed by atoms with E-state index in [-0.39, 0.29) is 11.3 Å². The van der Waals surface area contributed by atoms with Crippen molar-refractivity contribution in [2.75, 3.05) is 0 Å². The fraction of sp³-hybridized carbons (Fsp3) is 0.125. The summed E-state index contributed by atoms with van der Waals surface area (Å²) in [5.74, 6) is -0.747. The summed E-state index contributed by atoms with van der Waals surface area (Å²) in [6.07, 6.45) is 2.19. The summed E-state index contributed by atoms with van der Waals surface area (Å²) >= 11 is 0. The van der Waals surface area contributed by atoms with Crippen molar-refractivity contribution in [3.8, 4) is 0 Å². The molecular weight excluding hydrogens is 218 g/mol. The molecule has 1 aromatic rings. The molecule has 8 heteroatoms. The predicted octanol–water partition coefficient (Wildman–Crippen LogP) is -1.09. The molecule has 0 aliphatic rings. The SMILES string of the molecule is Cc1c(C=CC(=O)NOO)[nH]c(=O)[nH]c1=O. The maximum absolute atomic E-state index is 11.2. The van der Waals surface area contributed by atoms with Crippen LogP contribution in [0.2, 0.25) is 0 Å². The first-order valence-electron chi connectivity index (χ1n) is 4.16. The van der Waals surface area contributed by atoms with Crippen LogP contribution >= 0.6 is 0 Å². The number of carbonyl (C=O) groups is 1. The van der Waals surface area contributed by atoms with Crippen molar-refractivity contribution in [2.45, 2.75) is 6.92 Å². The lowest BCUT2D eigenvalue weighted by Gasteiger charge is -1.97. The molecule has 0 bridgehead atoms. The van der Waals surface area contributed by atoms with E-state index < -0.39 is 17.2 Å². The van der Waals surface area contributed by atoms with E-state index in [4.69, 9.17) is 5.26 Å². The molecule has 1 heterocycles. The van der Waals surface area contributed by atoms with E-state index in [1.165, 1.54) is 13.0 Å². The zero-order chi connectivity index (χ0) is 12.1. The zero-order valence-electron chi connectivity index (χ0n) is 8.23. The van der Waals surface area contributed by atoms with Crippen molar-refractivity contribution in [1.29, 1.82) is 0 Å². The first kappa shape index (κ1) is 11.9. The Hall–Kier alpha value is -2.19. The zero-order valence-corrected chi connectivity index (χ0v) is 8.23. The summed E-state index contributed by atoms with van der Waals surface area (Å²) in [7, 11) is 0. The number of rotatable bonds is 3. The van der Waals surface area contributed by atoms with Crippen LogP contribution in [0.5, 0.6) is 0 Å². The summed E-state index contributed by atoms with van der Waals surface area (Å²) in [5.41, 5.74) is 0.859. The van der Waals surface area contributed by atoms with Crippen LogP contribution in [0, 0.1) is 6.92 Å². The van der Waals surface area contributed by atoms with Gasteiger partial charge in [-0.3, -0.25) is 14.6 Å². The summed E-state index contributed by atoms with van der Waals surface area (Å²) in [4.78, 5) is 40.7. The first-order chi connectivity index (χ1) is 7.54. The van der Waals surface area contributed by atoms with Gasteiger partial charge in [-0.05, 0) is 13.0 Å². The Bertz CT molecular complexity index is 527. The fourth-order valence-corrected chi connectivity index (χ4v) is 0.971. The van der Waals surface area contributed by atoms with Gasteiger partial charge in [-0.1, -0.05) is 0 Å². The average molecular weight is 227 g/mol. The Balaban J connectivity index is 3.02. The lowest BCUT2D eigenvalue weighted by Crippen LogP contribution is -2.25. The smallest absolute Gasteiger partial charge is 0.307 e. The molecule has 86 valence electrons. The molecule has 0 radical (unpaired) electrons. The van der Waals surface area contributed by atoms with E-state index in [0.717, 1.165) is 6.08 Å². The molecule has 16 heavy (non-hydrogen) atoms. The third-order valence-corrected chi connectivity index (χ3v) is 1.77. The number of aromatic amines is 2. The van der Waals surface area contributed by atoms with Crippen molar-refractivity contribution < 1.29 is 15.0 Å². The molecule has 0 unspecified atom stereocenters. The number of hydrogen-bond acceptors (Lipinski definition) is 5. The van der Waals surface area contributed by atoms with Gasteiger partial charge in [-0.25, -0.2) is 10.1 Å². The van der Waals surface area contributed by atoms with Crippen molar-refractivity contribution in [2.24, 2.45) is 0 Å². The van der Waals surface area contributed by atoms with Gasteiger partial charge in [0.1, 0.15) is 0 Å². The molecule has 1 aromatic heterocycles. The lowest BCUT2D eigenvalue weighted by atomic mass is 10.2. The summed E-state index contributed by atoms with van der Waals surface area (Å²) in [6.45, 7) is 1.48. The first-order valence-corrected chi connectivity index (χ1v) is 4.16. The van der Waals surface area contributed by atoms with Gasteiger partial charge in [0.25, 0.3) is 11.5 Å². The highest BCUT2D eigenvalue weighted by atomic mass is 17.2. The van der Waals surface area contributed by atoms with Crippen molar-refractivity contribution >= 4 is 12.0 Å². The molecule has 8 nitrogen and oxygen atoms in total. The third kappa shape index (κ3) is 2.90. The second-order valence-corrected chi connectivity index (χ2v) is 2.84. The molecule has 0 atom stereocenters. The van der Waals surface area contributed by atoms with E-state index >= 15 is 0 Å². The summed E-state index contributed by atoms with van der Waals surface area (Å²) in [6, 6.07) is 0. The van der Waals surface area contributed by atoms with Crippen LogP contribution in [0.25, 0.3) is 6.08 Å². The van der Waals surface area contributed by atoms with Gasteiger partial charge in [0.05, 0.1) is 5.69 Å². The van der Waals surface area contributed by atoms with E-state index in [9.17, 15) is 14.4 Å². The standard InChI is InChI=1S/C8H9N3O5/c1-4-5(2-3-6(12)11-16-15)9-8(14)10-7(4)13/h2-3,15H,1H3,(H,11,12)(H2,9,10,13,14). The number of amides is 1. The highest BCUT2D eigenvalue weighted by molar-refractivity contribution is 5.90. The minimum atomic E-state index is -0.747. The largest absolute Gasteiger partial charge is 0.326 e. The monoisotopic (exact) mass is 227 g/mol. The number of hydrogen-bond donors (Lipinski definition) is 4. The van der Waals surface area contributed by atoms with Crippen LogP contribution in [0.1, 0.15) is 11.3 Å². The molecule has 4 N–H and O–H groups in total. The van der Waals surface area contributed by atoms with Gasteiger partial charge in [0, 0.05) is 11.6 Å². The number of H-pyrrole nitrogens is 2. The normalized spacial score (nSPS) is 10.6. The minimum absolute atomic E-state index is 0.196. The Kier molecular flexibility index (Phi) is 3.75. The Labute approximate surface area is 88.5 Å². The van der Waals surface area contributed by atoms with Gasteiger partial charge in [-0.2, -0.15) is 5.48 Å². The third-order valence-electron chi connectivity index (χ3n) is 1.77. The van der Waals surface area contributed by atoms with Crippen molar-refractivity contribution in [3.63, 3.8) is 0 Å². The molecule has 0 saturated heterocycles. The highest BCUT2D eigenvalue weighted by Gasteiger charge is 2.01. The van der Waals surface area contributed by atoms with Crippen LogP contribution in [0.4, 0.5) is 0 Å². The quantitative estimate of drug-likeness (QED) is 0.296. The van der Waals surface area contributed by atoms with E-state index in [2.05, 4.69) is 9.97 Å². The minimum Gasteiger partial charge on any atom is -0.307 e. The fourth-order valence-electron chi connectivity index (χ4n) is 0.971. The Morgan fingerprint density at radius 2 is 2.12 bits per heavy atom. The number of nitrogens with one attached hydrogen (secondary N) is 3. The average Bonchev–Trinajstić information content (AvgIpc) is 2.21. The van der Waals surface area contributed by atoms with Crippen LogP contribution in [0.3, 0.4) is 0 Å². The Morgan fingerprint density at radius 3 is 2.75 bits per heavy atom. The number of aromatic nitrogens is 2. The molecule has 1 rings (SSSR count). The molecule has 0 aromatic carbocycles. The van der Waals surface area contributed by atoms with Crippen LogP contribution in [-0.2, 0) is 9.78 Å². The lowest BCUT2D eigenvalue weighted by molar-refractivity contribution is -0.283. The second-order valence-electron chi connectivity index (χ2n) is 2.84. The van der Waals surface area contributed by atoms with Crippen molar-refractivity contribution in [3.05, 3.63) is 38.2 Å². The summed E-state index contributed by atoms with van der Waals surface area (Å²) in [5, 5.41) is 7.90. The molecular formula is C8H9N3O5. The molecule has 0 spiro atoms. The van der Waals surface area contributed by atoms with E-state index in [1.807, 2.05) is 4.98 Å². The summed E-state index contributed by atoms with van der Waals surface area (Å²) < 4.78 is 0. The topological polar surface area (TPSA) is 124 Å². The number of hydroxylamine groups is 1. The highest BCUT2D eigenvalue weighted by Crippen LogP contribution is 1.97. The maximum atomic E-state index is 11.2. The molecule has 0 saturated carbocycles. The van der Waals surface area contributed by atoms with Crippen LogP contribution < -0.4 is 16.7 Å². The Morgan fingerprint density at radius 1 is 1.44 bits per heavy atom. The van der Waals surface area contributed by atoms with Gasteiger partial charge in [0.2, 0.25) is 0 Å². The van der Waals surface area contributed by atoms with E-state index in [1.54, 1.807) is 5.48 Å².